The first-order valence-corrected chi connectivity index (χ1v) is 4.44. The van der Waals surface area contributed by atoms with Crippen LogP contribution < -0.4 is 5.32 Å². The van der Waals surface area contributed by atoms with Gasteiger partial charge in [-0.1, -0.05) is 6.58 Å². The Balaban J connectivity index is 1.90. The van der Waals surface area contributed by atoms with Gasteiger partial charge in [0, 0.05) is 12.6 Å². The van der Waals surface area contributed by atoms with Gasteiger partial charge in [0.25, 0.3) is 6.43 Å². The molecule has 0 amide bonds. The van der Waals surface area contributed by atoms with Gasteiger partial charge in [0.05, 0.1) is 6.61 Å². The molecule has 1 rings (SSSR count). The number of nitrogens with one attached hydrogen (secondary N) is 1. The molecule has 0 atom stereocenters. The lowest BCUT2D eigenvalue weighted by Crippen LogP contribution is -2.21. The fraction of sp³-hybridized carbons (Fsp3) is 0.778. The van der Waals surface area contributed by atoms with Crippen LogP contribution >= 0.6 is 0 Å². The summed E-state index contributed by atoms with van der Waals surface area (Å²) in [5.74, 6) is 0. The van der Waals surface area contributed by atoms with Gasteiger partial charge in [0.1, 0.15) is 6.61 Å². The molecule has 13 heavy (non-hydrogen) atoms. The predicted octanol–water partition coefficient (Wildman–Crippen LogP) is 1.58. The average molecular weight is 191 g/mol. The second-order valence-corrected chi connectivity index (χ2v) is 3.31. The molecule has 0 spiro atoms. The van der Waals surface area contributed by atoms with Crippen LogP contribution in [0.25, 0.3) is 0 Å². The van der Waals surface area contributed by atoms with E-state index in [1.54, 1.807) is 0 Å². The Kier molecular flexibility index (Phi) is 4.32. The molecule has 1 N–H and O–H groups in total. The standard InChI is InChI=1S/C9H15F2NO/c1-7(4-12-8-2-3-8)5-13-6-9(10)11/h8-9,12H,1-6H2. The Morgan fingerprint density at radius 2 is 2.23 bits per heavy atom. The highest BCUT2D eigenvalue weighted by Gasteiger charge is 2.19. The molecule has 0 heterocycles. The van der Waals surface area contributed by atoms with Crippen molar-refractivity contribution in [2.75, 3.05) is 19.8 Å². The molecule has 0 aliphatic heterocycles. The van der Waals surface area contributed by atoms with Crippen molar-refractivity contribution in [1.29, 1.82) is 0 Å². The highest BCUT2D eigenvalue weighted by atomic mass is 19.3. The van der Waals surface area contributed by atoms with Crippen molar-refractivity contribution in [2.24, 2.45) is 0 Å². The third kappa shape index (κ3) is 5.71. The smallest absolute Gasteiger partial charge is 0.261 e. The summed E-state index contributed by atoms with van der Waals surface area (Å²) in [6.45, 7) is 4.12. The fourth-order valence-electron chi connectivity index (χ4n) is 0.920. The Labute approximate surface area is 77.0 Å². The van der Waals surface area contributed by atoms with Crippen LogP contribution in [0.2, 0.25) is 0 Å². The summed E-state index contributed by atoms with van der Waals surface area (Å²) >= 11 is 0. The van der Waals surface area contributed by atoms with Crippen LogP contribution in [0.4, 0.5) is 8.78 Å². The summed E-state index contributed by atoms with van der Waals surface area (Å²) in [5.41, 5.74) is 0.826. The Morgan fingerprint density at radius 1 is 1.54 bits per heavy atom. The predicted molar refractivity (Wildman–Crippen MR) is 47.0 cm³/mol. The SMILES string of the molecule is C=C(CNC1CC1)COCC(F)F. The Hall–Kier alpha value is -0.480. The first-order valence-electron chi connectivity index (χ1n) is 4.44. The van der Waals surface area contributed by atoms with Gasteiger partial charge in [-0.2, -0.15) is 0 Å². The maximum atomic E-state index is 11.6. The monoisotopic (exact) mass is 191 g/mol. The lowest BCUT2D eigenvalue weighted by atomic mass is 10.3. The van der Waals surface area contributed by atoms with Crippen LogP contribution in [-0.4, -0.2) is 32.2 Å². The van der Waals surface area contributed by atoms with Gasteiger partial charge in [0.2, 0.25) is 0 Å². The number of hydrogen-bond acceptors (Lipinski definition) is 2. The average Bonchev–Trinajstić information content (AvgIpc) is 2.83. The second kappa shape index (κ2) is 5.29. The second-order valence-electron chi connectivity index (χ2n) is 3.31. The van der Waals surface area contributed by atoms with Crippen molar-refractivity contribution in [3.05, 3.63) is 12.2 Å². The summed E-state index contributed by atoms with van der Waals surface area (Å²) in [6, 6.07) is 0.617. The largest absolute Gasteiger partial charge is 0.371 e. The minimum atomic E-state index is -2.39. The molecule has 1 fully saturated rings. The molecule has 1 aliphatic rings. The maximum absolute atomic E-state index is 11.6. The number of rotatable bonds is 7. The van der Waals surface area contributed by atoms with Gasteiger partial charge < -0.3 is 10.1 Å². The molecule has 0 aromatic carbocycles. The molecule has 4 heteroatoms. The van der Waals surface area contributed by atoms with E-state index in [0.29, 0.717) is 12.6 Å². The van der Waals surface area contributed by atoms with E-state index in [2.05, 4.69) is 11.9 Å². The first kappa shape index (κ1) is 10.6. The lowest BCUT2D eigenvalue weighted by molar-refractivity contribution is 0.0260. The van der Waals surface area contributed by atoms with Crippen LogP contribution in [-0.2, 0) is 4.74 Å². The van der Waals surface area contributed by atoms with Crippen LogP contribution in [0, 0.1) is 0 Å². The molecule has 1 saturated carbocycles. The van der Waals surface area contributed by atoms with Crippen molar-refractivity contribution in [1.82, 2.24) is 5.32 Å². The van der Waals surface area contributed by atoms with Gasteiger partial charge in [-0.15, -0.1) is 0 Å². The summed E-state index contributed by atoms with van der Waals surface area (Å²) < 4.78 is 28.0. The number of ether oxygens (including phenoxy) is 1. The van der Waals surface area contributed by atoms with E-state index in [1.165, 1.54) is 12.8 Å². The van der Waals surface area contributed by atoms with E-state index >= 15 is 0 Å². The normalized spacial score (nSPS) is 16.5. The minimum Gasteiger partial charge on any atom is -0.371 e. The summed E-state index contributed by atoms with van der Waals surface area (Å²) in [6.07, 6.45) is 0.0419. The molecular formula is C9H15F2NO. The van der Waals surface area contributed by atoms with Gasteiger partial charge >= 0.3 is 0 Å². The van der Waals surface area contributed by atoms with Gasteiger partial charge in [0.15, 0.2) is 0 Å². The molecule has 2 nitrogen and oxygen atoms in total. The summed E-state index contributed by atoms with van der Waals surface area (Å²) in [7, 11) is 0. The molecule has 0 aromatic heterocycles. The summed E-state index contributed by atoms with van der Waals surface area (Å²) in [5, 5.41) is 3.23. The van der Waals surface area contributed by atoms with Crippen molar-refractivity contribution in [3.8, 4) is 0 Å². The molecule has 0 bridgehead atoms. The molecule has 1 aliphatic carbocycles. The van der Waals surface area contributed by atoms with E-state index < -0.39 is 13.0 Å². The lowest BCUT2D eigenvalue weighted by Gasteiger charge is -2.07. The van der Waals surface area contributed by atoms with E-state index in [1.807, 2.05) is 0 Å². The topological polar surface area (TPSA) is 21.3 Å². The highest BCUT2D eigenvalue weighted by molar-refractivity contribution is 4.99. The van der Waals surface area contributed by atoms with E-state index in [0.717, 1.165) is 5.57 Å². The minimum absolute atomic E-state index is 0.226. The number of alkyl halides is 2. The highest BCUT2D eigenvalue weighted by Crippen LogP contribution is 2.18. The van der Waals surface area contributed by atoms with Crippen LogP contribution in [0.15, 0.2) is 12.2 Å². The third-order valence-corrected chi connectivity index (χ3v) is 1.77. The van der Waals surface area contributed by atoms with Gasteiger partial charge in [-0.3, -0.25) is 0 Å². The molecule has 0 saturated heterocycles. The number of hydrogen-bond donors (Lipinski definition) is 1. The van der Waals surface area contributed by atoms with Crippen LogP contribution in [0.5, 0.6) is 0 Å². The van der Waals surface area contributed by atoms with Crippen molar-refractivity contribution >= 4 is 0 Å². The van der Waals surface area contributed by atoms with E-state index in [4.69, 9.17) is 4.74 Å². The molecular weight excluding hydrogens is 176 g/mol. The van der Waals surface area contributed by atoms with Gasteiger partial charge in [-0.25, -0.2) is 8.78 Å². The van der Waals surface area contributed by atoms with Crippen LogP contribution in [0.1, 0.15) is 12.8 Å². The zero-order chi connectivity index (χ0) is 9.68. The van der Waals surface area contributed by atoms with Crippen molar-refractivity contribution in [2.45, 2.75) is 25.3 Å². The fourth-order valence-corrected chi connectivity index (χ4v) is 0.920. The van der Waals surface area contributed by atoms with Crippen molar-refractivity contribution in [3.63, 3.8) is 0 Å². The van der Waals surface area contributed by atoms with E-state index in [-0.39, 0.29) is 6.61 Å². The molecule has 0 radical (unpaired) electrons. The van der Waals surface area contributed by atoms with Crippen molar-refractivity contribution < 1.29 is 13.5 Å². The van der Waals surface area contributed by atoms with E-state index in [9.17, 15) is 8.78 Å². The van der Waals surface area contributed by atoms with Crippen LogP contribution in [0.3, 0.4) is 0 Å². The first-order chi connectivity index (χ1) is 6.18. The molecule has 0 aromatic rings. The third-order valence-electron chi connectivity index (χ3n) is 1.77. The van der Waals surface area contributed by atoms with Gasteiger partial charge in [-0.05, 0) is 18.4 Å². The number of halogens is 2. The Bertz CT molecular complexity index is 169. The maximum Gasteiger partial charge on any atom is 0.261 e. The molecule has 76 valence electrons. The Morgan fingerprint density at radius 3 is 2.77 bits per heavy atom. The quantitative estimate of drug-likeness (QED) is 0.617. The zero-order valence-corrected chi connectivity index (χ0v) is 7.56. The zero-order valence-electron chi connectivity index (χ0n) is 7.56. The summed E-state index contributed by atoms with van der Waals surface area (Å²) in [4.78, 5) is 0. The molecule has 0 unspecified atom stereocenters.